The van der Waals surface area contributed by atoms with Gasteiger partial charge in [-0.05, 0) is 36.1 Å². The summed E-state index contributed by atoms with van der Waals surface area (Å²) in [5.41, 5.74) is 3.75. The maximum atomic E-state index is 13.0. The quantitative estimate of drug-likeness (QED) is 0.526. The van der Waals surface area contributed by atoms with Crippen LogP contribution in [0.1, 0.15) is 17.5 Å². The minimum Gasteiger partial charge on any atom is -0.309 e. The zero-order valence-electron chi connectivity index (χ0n) is 17.8. The fraction of sp³-hybridized carbons (Fsp3) is 0.208. The van der Waals surface area contributed by atoms with Gasteiger partial charge in [0, 0.05) is 37.6 Å². The van der Waals surface area contributed by atoms with E-state index in [1.54, 1.807) is 23.3 Å². The van der Waals surface area contributed by atoms with E-state index in [-0.39, 0.29) is 5.91 Å². The number of amides is 1. The van der Waals surface area contributed by atoms with Crippen LogP contribution in [0.3, 0.4) is 0 Å². The molecule has 0 fully saturated rings. The van der Waals surface area contributed by atoms with E-state index in [9.17, 15) is 4.79 Å². The largest absolute Gasteiger partial charge is 0.309 e. The monoisotopic (exact) mass is 425 g/mol. The fourth-order valence-corrected chi connectivity index (χ4v) is 3.90. The van der Waals surface area contributed by atoms with Crippen molar-refractivity contribution in [3.8, 4) is 11.3 Å². The third-order valence-corrected chi connectivity index (χ3v) is 5.54. The number of hydrogen-bond donors (Lipinski definition) is 1. The van der Waals surface area contributed by atoms with E-state index in [0.29, 0.717) is 18.9 Å². The molecule has 0 atom stereocenters. The lowest BCUT2D eigenvalue weighted by Crippen LogP contribution is -2.37. The molecule has 160 valence electrons. The van der Waals surface area contributed by atoms with Crippen LogP contribution >= 0.6 is 0 Å². The molecule has 0 bridgehead atoms. The lowest BCUT2D eigenvalue weighted by atomic mass is 10.0. The zero-order valence-corrected chi connectivity index (χ0v) is 17.8. The number of aromatic nitrogens is 5. The van der Waals surface area contributed by atoms with Gasteiger partial charge in [-0.1, -0.05) is 30.3 Å². The second kappa shape index (κ2) is 8.58. The van der Waals surface area contributed by atoms with Crippen molar-refractivity contribution >= 4 is 23.5 Å². The Balaban J connectivity index is 1.38. The number of anilines is 3. The zero-order chi connectivity index (χ0) is 21.9. The molecule has 4 heterocycles. The van der Waals surface area contributed by atoms with Gasteiger partial charge in [0.15, 0.2) is 0 Å². The Morgan fingerprint density at radius 1 is 1.09 bits per heavy atom. The second-order valence-corrected chi connectivity index (χ2v) is 7.75. The average Bonchev–Trinajstić information content (AvgIpc) is 3.23. The first-order valence-electron chi connectivity index (χ1n) is 10.6. The van der Waals surface area contributed by atoms with Gasteiger partial charge in [0.05, 0.1) is 18.3 Å². The van der Waals surface area contributed by atoms with Crippen LogP contribution in [0.25, 0.3) is 11.3 Å². The molecule has 3 aromatic heterocycles. The van der Waals surface area contributed by atoms with Gasteiger partial charge < -0.3 is 5.32 Å². The van der Waals surface area contributed by atoms with Crippen molar-refractivity contribution in [2.75, 3.05) is 16.8 Å². The molecule has 0 saturated heterocycles. The normalized spacial score (nSPS) is 13.0. The van der Waals surface area contributed by atoms with Crippen molar-refractivity contribution in [3.05, 3.63) is 78.2 Å². The number of rotatable bonds is 5. The average molecular weight is 425 g/mol. The summed E-state index contributed by atoms with van der Waals surface area (Å²) in [6.45, 7) is 0.692. The Morgan fingerprint density at radius 3 is 2.78 bits per heavy atom. The number of nitrogens with zero attached hydrogens (tertiary/aromatic N) is 6. The smallest absolute Gasteiger partial charge is 0.232 e. The summed E-state index contributed by atoms with van der Waals surface area (Å²) in [7, 11) is 1.85. The Kier molecular flexibility index (Phi) is 5.33. The lowest BCUT2D eigenvalue weighted by Gasteiger charge is -2.28. The summed E-state index contributed by atoms with van der Waals surface area (Å²) in [5.74, 6) is 2.12. The van der Waals surface area contributed by atoms with Gasteiger partial charge in [0.2, 0.25) is 11.9 Å². The fourth-order valence-electron chi connectivity index (χ4n) is 3.90. The third-order valence-electron chi connectivity index (χ3n) is 5.54. The van der Waals surface area contributed by atoms with Gasteiger partial charge in [-0.15, -0.1) is 0 Å². The Labute approximate surface area is 186 Å². The van der Waals surface area contributed by atoms with Crippen LogP contribution in [0, 0.1) is 0 Å². The van der Waals surface area contributed by atoms with E-state index < -0.39 is 0 Å². The predicted molar refractivity (Wildman–Crippen MR) is 123 cm³/mol. The molecule has 0 spiro atoms. The molecule has 1 aliphatic rings. The van der Waals surface area contributed by atoms with Gasteiger partial charge in [-0.25, -0.2) is 15.0 Å². The number of pyridine rings is 1. The predicted octanol–water partition coefficient (Wildman–Crippen LogP) is 3.54. The van der Waals surface area contributed by atoms with Crippen molar-refractivity contribution < 1.29 is 4.79 Å². The van der Waals surface area contributed by atoms with Gasteiger partial charge in [-0.2, -0.15) is 5.10 Å². The topological polar surface area (TPSA) is 88.8 Å². The van der Waals surface area contributed by atoms with Gasteiger partial charge in [0.1, 0.15) is 11.6 Å². The molecule has 0 unspecified atom stereocenters. The molecule has 1 amide bonds. The van der Waals surface area contributed by atoms with E-state index in [4.69, 9.17) is 0 Å². The molecular weight excluding hydrogens is 402 g/mol. The summed E-state index contributed by atoms with van der Waals surface area (Å²) in [6, 6.07) is 15.6. The first-order chi connectivity index (χ1) is 15.7. The lowest BCUT2D eigenvalue weighted by molar-refractivity contribution is -0.118. The highest BCUT2D eigenvalue weighted by atomic mass is 16.2. The number of carbonyl (C=O) groups is 1. The molecule has 32 heavy (non-hydrogen) atoms. The second-order valence-electron chi connectivity index (χ2n) is 7.75. The van der Waals surface area contributed by atoms with Crippen molar-refractivity contribution in [2.45, 2.75) is 19.3 Å². The van der Waals surface area contributed by atoms with Gasteiger partial charge >= 0.3 is 0 Å². The SMILES string of the molecule is Cn1nccc1Nc1nccc(-c2cnc3c(c2)CCCN3C(=O)Cc2ccccc2)n1. The van der Waals surface area contributed by atoms with E-state index >= 15 is 0 Å². The number of fused-ring (bicyclic) bond motifs is 1. The molecule has 1 aliphatic heterocycles. The molecule has 0 aliphatic carbocycles. The molecule has 0 radical (unpaired) electrons. The van der Waals surface area contributed by atoms with Crippen molar-refractivity contribution in [3.63, 3.8) is 0 Å². The van der Waals surface area contributed by atoms with E-state index in [0.717, 1.165) is 46.9 Å². The molecule has 4 aromatic rings. The van der Waals surface area contributed by atoms with Crippen LogP contribution < -0.4 is 10.2 Å². The van der Waals surface area contributed by atoms with Crippen LogP contribution in [0.4, 0.5) is 17.6 Å². The van der Waals surface area contributed by atoms with Crippen LogP contribution in [-0.4, -0.2) is 37.2 Å². The summed E-state index contributed by atoms with van der Waals surface area (Å²) < 4.78 is 1.72. The number of hydrogen-bond acceptors (Lipinski definition) is 6. The molecule has 1 aromatic carbocycles. The standard InChI is InChI=1S/C24H23N7O/c1-30-21(10-12-27-30)29-24-25-11-9-20(28-24)19-15-18-8-5-13-31(23(18)26-16-19)22(32)14-17-6-3-2-4-7-17/h2-4,6-7,9-12,15-16H,5,8,13-14H2,1H3,(H,25,28,29). The summed E-state index contributed by atoms with van der Waals surface area (Å²) in [6.07, 6.45) is 7.38. The van der Waals surface area contributed by atoms with Crippen molar-refractivity contribution in [1.29, 1.82) is 0 Å². The van der Waals surface area contributed by atoms with Crippen LogP contribution in [-0.2, 0) is 24.7 Å². The highest BCUT2D eigenvalue weighted by Crippen LogP contribution is 2.29. The first kappa shape index (κ1) is 19.9. The highest BCUT2D eigenvalue weighted by Gasteiger charge is 2.24. The Morgan fingerprint density at radius 2 is 1.97 bits per heavy atom. The Bertz CT molecular complexity index is 1250. The minimum atomic E-state index is 0.0714. The van der Waals surface area contributed by atoms with Crippen LogP contribution in [0.2, 0.25) is 0 Å². The summed E-state index contributed by atoms with van der Waals surface area (Å²) in [4.78, 5) is 28.4. The molecule has 8 nitrogen and oxygen atoms in total. The molecule has 1 N–H and O–H groups in total. The summed E-state index contributed by atoms with van der Waals surface area (Å²) in [5, 5.41) is 7.32. The van der Waals surface area contributed by atoms with E-state index in [1.165, 1.54) is 0 Å². The number of aryl methyl sites for hydroxylation is 2. The van der Waals surface area contributed by atoms with E-state index in [1.807, 2.05) is 54.4 Å². The number of benzene rings is 1. The molecule has 8 heteroatoms. The van der Waals surface area contributed by atoms with Gasteiger partial charge in [-0.3, -0.25) is 14.4 Å². The highest BCUT2D eigenvalue weighted by molar-refractivity contribution is 5.95. The maximum Gasteiger partial charge on any atom is 0.232 e. The van der Waals surface area contributed by atoms with Crippen LogP contribution in [0.5, 0.6) is 0 Å². The Hall–Kier alpha value is -4.07. The van der Waals surface area contributed by atoms with Crippen molar-refractivity contribution in [2.24, 2.45) is 7.05 Å². The van der Waals surface area contributed by atoms with E-state index in [2.05, 4.69) is 31.4 Å². The van der Waals surface area contributed by atoms with Gasteiger partial charge in [0.25, 0.3) is 0 Å². The van der Waals surface area contributed by atoms with Crippen molar-refractivity contribution in [1.82, 2.24) is 24.7 Å². The maximum absolute atomic E-state index is 13.0. The van der Waals surface area contributed by atoms with Crippen LogP contribution in [0.15, 0.2) is 67.1 Å². The molecular formula is C24H23N7O. The first-order valence-corrected chi connectivity index (χ1v) is 10.6. The molecule has 5 rings (SSSR count). The summed E-state index contributed by atoms with van der Waals surface area (Å²) >= 11 is 0. The number of carbonyl (C=O) groups excluding carboxylic acids is 1. The minimum absolute atomic E-state index is 0.0714. The molecule has 0 saturated carbocycles. The third kappa shape index (κ3) is 4.07. The number of nitrogens with one attached hydrogen (secondary N) is 1.